The predicted molar refractivity (Wildman–Crippen MR) is 124 cm³/mol. The largest absolute Gasteiger partial charge is 0.497 e. The molecule has 1 aliphatic heterocycles. The second-order valence-electron chi connectivity index (χ2n) is 8.33. The minimum Gasteiger partial charge on any atom is -0.497 e. The molecule has 0 spiro atoms. The number of likely N-dealkylation sites (tertiary alicyclic amines) is 1. The Hall–Kier alpha value is -2.92. The molecule has 1 fully saturated rings. The Balaban J connectivity index is 1.48. The lowest BCUT2D eigenvalue weighted by Gasteiger charge is -2.28. The van der Waals surface area contributed by atoms with Crippen LogP contribution >= 0.6 is 0 Å². The fourth-order valence-electron chi connectivity index (χ4n) is 4.60. The van der Waals surface area contributed by atoms with Gasteiger partial charge in [-0.15, -0.1) is 0 Å². The van der Waals surface area contributed by atoms with Crippen molar-refractivity contribution < 1.29 is 9.53 Å². The number of benzene rings is 2. The first kappa shape index (κ1) is 21.3. The topological polar surface area (TPSA) is 54.5 Å². The molecule has 0 aliphatic carbocycles. The van der Waals surface area contributed by atoms with Crippen LogP contribution in [0, 0.1) is 13.8 Å². The van der Waals surface area contributed by atoms with E-state index >= 15 is 0 Å². The number of hydrogen-bond acceptors (Lipinski definition) is 4. The second kappa shape index (κ2) is 9.48. The molecule has 31 heavy (non-hydrogen) atoms. The number of ether oxygens (including phenoxy) is 1. The third-order valence-corrected chi connectivity index (χ3v) is 6.40. The molecule has 0 bridgehead atoms. The molecule has 3 aromatic rings. The summed E-state index contributed by atoms with van der Waals surface area (Å²) in [5.41, 5.74) is 5.29. The molecular weight excluding hydrogens is 386 g/mol. The number of rotatable bonds is 7. The quantitative estimate of drug-likeness (QED) is 0.621. The van der Waals surface area contributed by atoms with E-state index in [1.807, 2.05) is 37.3 Å². The molecule has 1 amide bonds. The summed E-state index contributed by atoms with van der Waals surface area (Å²) in [6.45, 7) is 6.82. The molecule has 162 valence electrons. The van der Waals surface area contributed by atoms with E-state index in [1.165, 1.54) is 18.4 Å². The Morgan fingerprint density at radius 2 is 1.81 bits per heavy atom. The summed E-state index contributed by atoms with van der Waals surface area (Å²) < 4.78 is 5.30. The third kappa shape index (κ3) is 4.72. The van der Waals surface area contributed by atoms with Gasteiger partial charge in [0.1, 0.15) is 5.75 Å². The molecule has 2 heterocycles. The van der Waals surface area contributed by atoms with E-state index in [4.69, 9.17) is 9.72 Å². The highest BCUT2D eigenvalue weighted by Gasteiger charge is 2.24. The average molecular weight is 418 g/mol. The van der Waals surface area contributed by atoms with Gasteiger partial charge in [-0.05, 0) is 74.7 Å². The van der Waals surface area contributed by atoms with Crippen LogP contribution in [-0.2, 0) is 11.2 Å². The normalized spacial score (nSPS) is 15.2. The van der Waals surface area contributed by atoms with E-state index in [0.29, 0.717) is 13.0 Å². The van der Waals surface area contributed by atoms with Crippen molar-refractivity contribution in [3.05, 3.63) is 70.9 Å². The maximum atomic E-state index is 12.9. The van der Waals surface area contributed by atoms with Crippen LogP contribution in [0.15, 0.2) is 48.5 Å². The number of hydrogen-bond donors (Lipinski definition) is 1. The number of pyridine rings is 1. The molecule has 4 rings (SSSR count). The highest BCUT2D eigenvalue weighted by atomic mass is 16.5. The van der Waals surface area contributed by atoms with E-state index < -0.39 is 0 Å². The number of methoxy groups -OCH3 is 1. The number of nitrogens with zero attached hydrogens (tertiary/aromatic N) is 2. The lowest BCUT2D eigenvalue weighted by atomic mass is 9.99. The van der Waals surface area contributed by atoms with Crippen molar-refractivity contribution in [1.82, 2.24) is 15.2 Å². The maximum absolute atomic E-state index is 12.9. The first-order valence-corrected chi connectivity index (χ1v) is 11.1. The Labute approximate surface area is 184 Å². The molecule has 0 saturated carbocycles. The SMILES string of the molecule is COc1ccc([C@H](CNC(=O)Cc2c(C)nc3ccccc3c2C)N2CCCC2)cc1. The van der Waals surface area contributed by atoms with Crippen LogP contribution in [0.4, 0.5) is 0 Å². The Morgan fingerprint density at radius 1 is 1.10 bits per heavy atom. The summed E-state index contributed by atoms with van der Waals surface area (Å²) in [7, 11) is 1.68. The second-order valence-corrected chi connectivity index (χ2v) is 8.33. The van der Waals surface area contributed by atoms with Gasteiger partial charge in [0.2, 0.25) is 5.91 Å². The average Bonchev–Trinajstić information content (AvgIpc) is 3.32. The summed E-state index contributed by atoms with van der Waals surface area (Å²) in [5.74, 6) is 0.892. The van der Waals surface area contributed by atoms with E-state index in [2.05, 4.69) is 35.3 Å². The Kier molecular flexibility index (Phi) is 6.52. The first-order chi connectivity index (χ1) is 15.1. The highest BCUT2D eigenvalue weighted by molar-refractivity contribution is 5.86. The van der Waals surface area contributed by atoms with E-state index in [-0.39, 0.29) is 11.9 Å². The van der Waals surface area contributed by atoms with Crippen molar-refractivity contribution in [2.24, 2.45) is 0 Å². The zero-order valence-corrected chi connectivity index (χ0v) is 18.6. The summed E-state index contributed by atoms with van der Waals surface area (Å²) in [5, 5.41) is 4.31. The standard InChI is InChI=1S/C26H31N3O2/c1-18-22-8-4-5-9-24(22)28-19(2)23(18)16-26(30)27-17-25(29-14-6-7-15-29)20-10-12-21(31-3)13-11-20/h4-5,8-13,25H,6-7,14-17H2,1-3H3,(H,27,30)/t25-/m0/s1. The molecule has 1 aromatic heterocycles. The van der Waals surface area contributed by atoms with Crippen LogP contribution in [-0.4, -0.2) is 42.5 Å². The van der Waals surface area contributed by atoms with Gasteiger partial charge in [0, 0.05) is 17.6 Å². The lowest BCUT2D eigenvalue weighted by molar-refractivity contribution is -0.120. The molecule has 0 unspecified atom stereocenters. The van der Waals surface area contributed by atoms with Crippen molar-refractivity contribution in [2.75, 3.05) is 26.7 Å². The molecule has 1 atom stereocenters. The van der Waals surface area contributed by atoms with Crippen molar-refractivity contribution >= 4 is 16.8 Å². The molecule has 2 aromatic carbocycles. The number of carbonyl (C=O) groups excluding carboxylic acids is 1. The first-order valence-electron chi connectivity index (χ1n) is 11.1. The van der Waals surface area contributed by atoms with E-state index in [0.717, 1.165) is 46.6 Å². The van der Waals surface area contributed by atoms with Gasteiger partial charge in [-0.2, -0.15) is 0 Å². The zero-order chi connectivity index (χ0) is 21.8. The molecule has 0 radical (unpaired) electrons. The molecule has 1 aliphatic rings. The minimum atomic E-state index is 0.0426. The smallest absolute Gasteiger partial charge is 0.224 e. The van der Waals surface area contributed by atoms with Crippen molar-refractivity contribution in [1.29, 1.82) is 0 Å². The number of aryl methyl sites for hydroxylation is 2. The molecule has 5 heteroatoms. The Bertz CT molecular complexity index is 1060. The van der Waals surface area contributed by atoms with Gasteiger partial charge < -0.3 is 10.1 Å². The van der Waals surface area contributed by atoms with Gasteiger partial charge in [-0.1, -0.05) is 30.3 Å². The minimum absolute atomic E-state index is 0.0426. The van der Waals surface area contributed by atoms with Crippen LogP contribution in [0.2, 0.25) is 0 Å². The van der Waals surface area contributed by atoms with Gasteiger partial charge in [0.25, 0.3) is 0 Å². The summed E-state index contributed by atoms with van der Waals surface area (Å²) in [4.78, 5) is 20.1. The molecule has 5 nitrogen and oxygen atoms in total. The third-order valence-electron chi connectivity index (χ3n) is 6.40. The van der Waals surface area contributed by atoms with Gasteiger partial charge in [-0.3, -0.25) is 14.7 Å². The number of carbonyl (C=O) groups is 1. The lowest BCUT2D eigenvalue weighted by Crippen LogP contribution is -2.37. The van der Waals surface area contributed by atoms with E-state index in [1.54, 1.807) is 7.11 Å². The highest BCUT2D eigenvalue weighted by Crippen LogP contribution is 2.27. The Morgan fingerprint density at radius 3 is 2.52 bits per heavy atom. The summed E-state index contributed by atoms with van der Waals surface area (Å²) >= 11 is 0. The maximum Gasteiger partial charge on any atom is 0.224 e. The van der Waals surface area contributed by atoms with Crippen molar-refractivity contribution in [3.63, 3.8) is 0 Å². The van der Waals surface area contributed by atoms with Crippen LogP contribution in [0.5, 0.6) is 5.75 Å². The number of para-hydroxylation sites is 1. The van der Waals surface area contributed by atoms with Gasteiger partial charge in [0.05, 0.1) is 25.1 Å². The fraction of sp³-hybridized carbons (Fsp3) is 0.385. The summed E-state index contributed by atoms with van der Waals surface area (Å²) in [6.07, 6.45) is 2.77. The monoisotopic (exact) mass is 417 g/mol. The van der Waals surface area contributed by atoms with Gasteiger partial charge >= 0.3 is 0 Å². The van der Waals surface area contributed by atoms with Crippen LogP contribution < -0.4 is 10.1 Å². The predicted octanol–water partition coefficient (Wildman–Crippen LogP) is 4.36. The molecular formula is C26H31N3O2. The van der Waals surface area contributed by atoms with Crippen LogP contribution in [0.1, 0.15) is 41.3 Å². The van der Waals surface area contributed by atoms with Gasteiger partial charge in [0.15, 0.2) is 0 Å². The zero-order valence-electron chi connectivity index (χ0n) is 18.6. The van der Waals surface area contributed by atoms with Crippen molar-refractivity contribution in [3.8, 4) is 5.75 Å². The van der Waals surface area contributed by atoms with Crippen molar-refractivity contribution in [2.45, 2.75) is 39.2 Å². The molecule has 1 saturated heterocycles. The number of nitrogens with one attached hydrogen (secondary N) is 1. The fourth-order valence-corrected chi connectivity index (χ4v) is 4.60. The van der Waals surface area contributed by atoms with Crippen LogP contribution in [0.25, 0.3) is 10.9 Å². The van der Waals surface area contributed by atoms with Crippen LogP contribution in [0.3, 0.4) is 0 Å². The number of fused-ring (bicyclic) bond motifs is 1. The number of amides is 1. The number of aromatic nitrogens is 1. The van der Waals surface area contributed by atoms with Gasteiger partial charge in [-0.25, -0.2) is 0 Å². The molecule has 1 N–H and O–H groups in total. The van der Waals surface area contributed by atoms with E-state index in [9.17, 15) is 4.79 Å². The summed E-state index contributed by atoms with van der Waals surface area (Å²) in [6, 6.07) is 16.5.